The topological polar surface area (TPSA) is 79.5 Å². The van der Waals surface area contributed by atoms with Crippen molar-refractivity contribution in [1.29, 1.82) is 0 Å². The van der Waals surface area contributed by atoms with Gasteiger partial charge in [0.25, 0.3) is 0 Å². The molecule has 0 aliphatic carbocycles. The predicted octanol–water partition coefficient (Wildman–Crippen LogP) is 4.16. The maximum Gasteiger partial charge on any atom is 0.250 e. The zero-order valence-electron chi connectivity index (χ0n) is 17.3. The molecular weight excluding hydrogens is 402 g/mol. The molecule has 0 bridgehead atoms. The average Bonchev–Trinajstić information content (AvgIpc) is 3.20. The van der Waals surface area contributed by atoms with Gasteiger partial charge in [0, 0.05) is 22.3 Å². The van der Waals surface area contributed by atoms with Gasteiger partial charge < -0.3 is 15.4 Å². The third-order valence-corrected chi connectivity index (χ3v) is 6.16. The molecule has 0 saturated carbocycles. The highest BCUT2D eigenvalue weighted by Crippen LogP contribution is 2.48. The van der Waals surface area contributed by atoms with Gasteiger partial charge in [-0.2, -0.15) is 0 Å². The quantitative estimate of drug-likeness (QED) is 0.669. The van der Waals surface area contributed by atoms with Crippen LogP contribution in [-0.2, 0) is 15.1 Å². The molecular formula is C23H26ClN3O3. The Morgan fingerprint density at radius 1 is 1.30 bits per heavy atom. The van der Waals surface area contributed by atoms with Crippen molar-refractivity contribution < 1.29 is 14.3 Å². The number of carbonyl (C=O) groups excluding carboxylic acids is 2. The van der Waals surface area contributed by atoms with E-state index in [0.717, 1.165) is 17.7 Å². The van der Waals surface area contributed by atoms with E-state index < -0.39 is 11.5 Å². The molecule has 6 nitrogen and oxygen atoms in total. The summed E-state index contributed by atoms with van der Waals surface area (Å²) in [6.07, 6.45) is 1.44. The highest BCUT2D eigenvalue weighted by molar-refractivity contribution is 6.31. The van der Waals surface area contributed by atoms with Crippen molar-refractivity contribution in [3.8, 4) is 5.75 Å². The summed E-state index contributed by atoms with van der Waals surface area (Å²) >= 11 is 6.12. The van der Waals surface area contributed by atoms with Gasteiger partial charge in [0.15, 0.2) is 0 Å². The molecule has 2 aromatic rings. The molecule has 30 heavy (non-hydrogen) atoms. The van der Waals surface area contributed by atoms with Crippen LogP contribution in [0.1, 0.15) is 32.3 Å². The van der Waals surface area contributed by atoms with E-state index >= 15 is 0 Å². The second kappa shape index (κ2) is 7.93. The van der Waals surface area contributed by atoms with Crippen molar-refractivity contribution in [2.45, 2.75) is 38.3 Å². The molecule has 2 aliphatic rings. The van der Waals surface area contributed by atoms with Crippen LogP contribution in [0.5, 0.6) is 5.75 Å². The highest BCUT2D eigenvalue weighted by Gasteiger charge is 2.60. The van der Waals surface area contributed by atoms with E-state index in [4.69, 9.17) is 16.3 Å². The minimum Gasteiger partial charge on any atom is -0.495 e. The highest BCUT2D eigenvalue weighted by atomic mass is 35.5. The van der Waals surface area contributed by atoms with Crippen molar-refractivity contribution in [3.05, 3.63) is 53.1 Å². The number of halogens is 1. The number of para-hydroxylation sites is 1. The summed E-state index contributed by atoms with van der Waals surface area (Å²) in [5, 5.41) is 9.93. The number of fused-ring (bicyclic) bond motifs is 2. The monoisotopic (exact) mass is 427 g/mol. The smallest absolute Gasteiger partial charge is 0.250 e. The van der Waals surface area contributed by atoms with Crippen molar-refractivity contribution in [2.24, 2.45) is 11.8 Å². The summed E-state index contributed by atoms with van der Waals surface area (Å²) in [7, 11) is 1.54. The van der Waals surface area contributed by atoms with Crippen molar-refractivity contribution in [2.75, 3.05) is 17.7 Å². The van der Waals surface area contributed by atoms with Gasteiger partial charge in [-0.3, -0.25) is 14.9 Å². The van der Waals surface area contributed by atoms with Gasteiger partial charge in [0.2, 0.25) is 11.8 Å². The Kier molecular flexibility index (Phi) is 5.47. The lowest BCUT2D eigenvalue weighted by Crippen LogP contribution is -2.52. The van der Waals surface area contributed by atoms with E-state index in [-0.39, 0.29) is 17.9 Å². The first-order chi connectivity index (χ1) is 14.3. The standard InChI is InChI=1S/C23H26ClN3O3/c1-13(2)10-15-12-17(21(28)25-19-11-14(24)8-9-20(19)30-3)23(27-15)16-6-4-5-7-18(16)26-22(23)29/h4-9,11,13,15,17,27H,10,12H2,1-3H3,(H,25,28)(H,26,29). The second-order valence-electron chi connectivity index (χ2n) is 8.40. The van der Waals surface area contributed by atoms with Gasteiger partial charge in [-0.25, -0.2) is 0 Å². The molecule has 3 N–H and O–H groups in total. The van der Waals surface area contributed by atoms with Gasteiger partial charge in [0.1, 0.15) is 11.3 Å². The third kappa shape index (κ3) is 3.44. The van der Waals surface area contributed by atoms with Crippen LogP contribution in [0, 0.1) is 11.8 Å². The normalized spacial score (nSPS) is 24.8. The molecule has 1 fully saturated rings. The van der Waals surface area contributed by atoms with Gasteiger partial charge in [-0.15, -0.1) is 0 Å². The van der Waals surface area contributed by atoms with Crippen LogP contribution < -0.4 is 20.7 Å². The number of hydrogen-bond donors (Lipinski definition) is 3. The van der Waals surface area contributed by atoms with Crippen LogP contribution in [0.3, 0.4) is 0 Å². The number of nitrogens with one attached hydrogen (secondary N) is 3. The maximum atomic E-state index is 13.5. The molecule has 1 spiro atoms. The van der Waals surface area contributed by atoms with Gasteiger partial charge >= 0.3 is 0 Å². The van der Waals surface area contributed by atoms with Gasteiger partial charge in [0.05, 0.1) is 18.7 Å². The van der Waals surface area contributed by atoms with Crippen molar-refractivity contribution in [3.63, 3.8) is 0 Å². The zero-order chi connectivity index (χ0) is 21.5. The molecule has 7 heteroatoms. The van der Waals surface area contributed by atoms with E-state index in [0.29, 0.717) is 28.8 Å². The van der Waals surface area contributed by atoms with E-state index in [9.17, 15) is 9.59 Å². The fourth-order valence-corrected chi connectivity index (χ4v) is 4.91. The van der Waals surface area contributed by atoms with E-state index in [1.165, 1.54) is 7.11 Å². The van der Waals surface area contributed by atoms with Gasteiger partial charge in [-0.1, -0.05) is 43.6 Å². The first-order valence-corrected chi connectivity index (χ1v) is 10.6. The number of hydrogen-bond acceptors (Lipinski definition) is 4. The molecule has 3 unspecified atom stereocenters. The molecule has 2 heterocycles. The molecule has 2 aliphatic heterocycles. The summed E-state index contributed by atoms with van der Waals surface area (Å²) in [6.45, 7) is 4.28. The Morgan fingerprint density at radius 2 is 2.07 bits per heavy atom. The maximum absolute atomic E-state index is 13.5. The summed E-state index contributed by atoms with van der Waals surface area (Å²) in [4.78, 5) is 26.7. The Labute approximate surface area is 181 Å². The van der Waals surface area contributed by atoms with Crippen LogP contribution in [0.2, 0.25) is 5.02 Å². The number of rotatable bonds is 5. The largest absolute Gasteiger partial charge is 0.495 e. The summed E-state index contributed by atoms with van der Waals surface area (Å²) in [5.41, 5.74) is 0.966. The Hall–Kier alpha value is -2.57. The molecule has 3 atom stereocenters. The van der Waals surface area contributed by atoms with Crippen molar-refractivity contribution in [1.82, 2.24) is 5.32 Å². The Morgan fingerprint density at radius 3 is 2.80 bits per heavy atom. The van der Waals surface area contributed by atoms with Crippen LogP contribution in [0.25, 0.3) is 0 Å². The fourth-order valence-electron chi connectivity index (χ4n) is 4.74. The second-order valence-corrected chi connectivity index (χ2v) is 8.84. The summed E-state index contributed by atoms with van der Waals surface area (Å²) in [6, 6.07) is 12.7. The van der Waals surface area contributed by atoms with Crippen LogP contribution in [0.4, 0.5) is 11.4 Å². The molecule has 0 radical (unpaired) electrons. The van der Waals surface area contributed by atoms with Crippen LogP contribution >= 0.6 is 11.6 Å². The van der Waals surface area contributed by atoms with E-state index in [1.54, 1.807) is 18.2 Å². The minimum atomic E-state index is -1.09. The minimum absolute atomic E-state index is 0.0545. The number of ether oxygens (including phenoxy) is 1. The lowest BCUT2D eigenvalue weighted by molar-refractivity contribution is -0.130. The van der Waals surface area contributed by atoms with Gasteiger partial charge in [-0.05, 0) is 43.0 Å². The molecule has 4 rings (SSSR count). The lowest BCUT2D eigenvalue weighted by atomic mass is 9.79. The predicted molar refractivity (Wildman–Crippen MR) is 118 cm³/mol. The number of methoxy groups -OCH3 is 1. The number of anilines is 2. The number of amides is 2. The first kappa shape index (κ1) is 20.7. The summed E-state index contributed by atoms with van der Waals surface area (Å²) < 4.78 is 5.36. The molecule has 2 aromatic carbocycles. The van der Waals surface area contributed by atoms with Crippen LogP contribution in [0.15, 0.2) is 42.5 Å². The zero-order valence-corrected chi connectivity index (χ0v) is 18.0. The Balaban J connectivity index is 1.72. The fraction of sp³-hybridized carbons (Fsp3) is 0.391. The van der Waals surface area contributed by atoms with E-state index in [2.05, 4.69) is 29.8 Å². The number of benzene rings is 2. The molecule has 2 amide bonds. The molecule has 0 aromatic heterocycles. The molecule has 158 valence electrons. The summed E-state index contributed by atoms with van der Waals surface area (Å²) in [5.74, 6) is -0.0419. The van der Waals surface area contributed by atoms with Crippen LogP contribution in [-0.4, -0.2) is 25.0 Å². The lowest BCUT2D eigenvalue weighted by Gasteiger charge is -2.29. The first-order valence-electron chi connectivity index (χ1n) is 10.2. The van der Waals surface area contributed by atoms with E-state index in [1.807, 2.05) is 24.3 Å². The average molecular weight is 428 g/mol. The molecule has 1 saturated heterocycles. The number of carbonyl (C=O) groups is 2. The SMILES string of the molecule is COc1ccc(Cl)cc1NC(=O)C1CC(CC(C)C)NC12C(=O)Nc1ccccc12. The Bertz CT molecular complexity index is 993. The van der Waals surface area contributed by atoms with Crippen molar-refractivity contribution >= 4 is 34.8 Å². The third-order valence-electron chi connectivity index (χ3n) is 5.92.